The Hall–Kier alpha value is -4.63. The molecule has 0 bridgehead atoms. The van der Waals surface area contributed by atoms with Crippen LogP contribution >= 0.6 is 0 Å². The van der Waals surface area contributed by atoms with Crippen molar-refractivity contribution < 1.29 is 22.3 Å². The number of hydrogen-bond acceptors (Lipinski definition) is 4. The molecule has 1 aliphatic heterocycles. The zero-order valence-electron chi connectivity index (χ0n) is 25.2. The van der Waals surface area contributed by atoms with E-state index in [4.69, 9.17) is 4.74 Å². The lowest BCUT2D eigenvalue weighted by molar-refractivity contribution is -0.129. The molecule has 8 heteroatoms. The van der Waals surface area contributed by atoms with Gasteiger partial charge >= 0.3 is 0 Å². The van der Waals surface area contributed by atoms with E-state index in [1.54, 1.807) is 42.5 Å². The highest BCUT2D eigenvalue weighted by Crippen LogP contribution is 2.34. The van der Waals surface area contributed by atoms with Crippen LogP contribution in [0.25, 0.3) is 0 Å². The second kappa shape index (κ2) is 14.2. The quantitative estimate of drug-likeness (QED) is 0.139. The van der Waals surface area contributed by atoms with E-state index in [1.165, 1.54) is 10.4 Å². The minimum Gasteiger partial charge on any atom is -0.363 e. The van der Waals surface area contributed by atoms with Crippen LogP contribution < -0.4 is 5.32 Å². The summed E-state index contributed by atoms with van der Waals surface area (Å²) in [5, 5.41) is 2.98. The predicted octanol–water partition coefficient (Wildman–Crippen LogP) is 7.19. The number of ether oxygens (including phenoxy) is 1. The Kier molecular flexibility index (Phi) is 9.68. The molecule has 0 aromatic heterocycles. The molecule has 0 spiro atoms. The summed E-state index contributed by atoms with van der Waals surface area (Å²) < 4.78 is 49.2. The fourth-order valence-corrected chi connectivity index (χ4v) is 7.45. The fraction of sp³-hybridized carbons (Fsp3) is 0.184. The fourth-order valence-electron chi connectivity index (χ4n) is 5.81. The highest BCUT2D eigenvalue weighted by molar-refractivity contribution is 7.89. The Bertz CT molecular complexity index is 1820. The molecule has 1 heterocycles. The average molecular weight is 635 g/mol. The van der Waals surface area contributed by atoms with E-state index in [1.807, 2.05) is 91.0 Å². The van der Waals surface area contributed by atoms with E-state index in [-0.39, 0.29) is 24.0 Å². The van der Waals surface area contributed by atoms with Crippen molar-refractivity contribution in [2.75, 3.05) is 11.9 Å². The Morgan fingerprint density at radius 3 is 1.96 bits per heavy atom. The van der Waals surface area contributed by atoms with Gasteiger partial charge in [-0.1, -0.05) is 115 Å². The average Bonchev–Trinajstić information content (AvgIpc) is 3.89. The molecule has 1 saturated heterocycles. The first-order valence-corrected chi connectivity index (χ1v) is 16.8. The number of hydrogen-bond donors (Lipinski definition) is 1. The van der Waals surface area contributed by atoms with Crippen molar-refractivity contribution >= 4 is 21.6 Å². The molecule has 6 nitrogen and oxygen atoms in total. The maximum absolute atomic E-state index is 15.3. The number of rotatable bonds is 13. The van der Waals surface area contributed by atoms with E-state index >= 15 is 4.39 Å². The molecule has 0 aliphatic carbocycles. The van der Waals surface area contributed by atoms with Crippen molar-refractivity contribution in [1.82, 2.24) is 4.31 Å². The van der Waals surface area contributed by atoms with Gasteiger partial charge in [-0.05, 0) is 53.8 Å². The van der Waals surface area contributed by atoms with Gasteiger partial charge in [0, 0.05) is 29.8 Å². The number of nitrogens with zero attached hydrogens (tertiary/aromatic N) is 1. The van der Waals surface area contributed by atoms with Gasteiger partial charge in [-0.25, -0.2) is 12.8 Å². The van der Waals surface area contributed by atoms with Crippen molar-refractivity contribution in [2.24, 2.45) is 0 Å². The highest BCUT2D eigenvalue weighted by Gasteiger charge is 2.44. The van der Waals surface area contributed by atoms with E-state index in [0.29, 0.717) is 24.2 Å². The van der Waals surface area contributed by atoms with E-state index < -0.39 is 33.8 Å². The number of sulfonamides is 1. The van der Waals surface area contributed by atoms with E-state index in [9.17, 15) is 13.2 Å². The molecule has 6 rings (SSSR count). The van der Waals surface area contributed by atoms with Crippen LogP contribution in [0.1, 0.15) is 34.6 Å². The lowest BCUT2D eigenvalue weighted by atomic mass is 9.86. The Labute approximate surface area is 269 Å². The van der Waals surface area contributed by atoms with Crippen LogP contribution in [0.4, 0.5) is 10.1 Å². The van der Waals surface area contributed by atoms with E-state index in [0.717, 1.165) is 16.7 Å². The molecule has 1 fully saturated rings. The summed E-state index contributed by atoms with van der Waals surface area (Å²) in [7, 11) is -3.61. The van der Waals surface area contributed by atoms with Crippen LogP contribution in [0.5, 0.6) is 0 Å². The molecule has 0 saturated carbocycles. The minimum absolute atomic E-state index is 0.207. The smallest absolute Gasteiger partial charge is 0.254 e. The van der Waals surface area contributed by atoms with Gasteiger partial charge in [-0.3, -0.25) is 4.79 Å². The first-order valence-electron chi connectivity index (χ1n) is 15.3. The summed E-state index contributed by atoms with van der Waals surface area (Å²) in [6.45, 7) is 0.580. The van der Waals surface area contributed by atoms with Crippen LogP contribution in [0.2, 0.25) is 0 Å². The summed E-state index contributed by atoms with van der Waals surface area (Å²) in [5.41, 5.74) is 3.42. The van der Waals surface area contributed by atoms with Gasteiger partial charge in [0.1, 0.15) is 11.9 Å². The van der Waals surface area contributed by atoms with Gasteiger partial charge < -0.3 is 10.1 Å². The van der Waals surface area contributed by atoms with Crippen LogP contribution in [-0.2, 0) is 32.6 Å². The molecular weight excluding hydrogens is 599 g/mol. The largest absolute Gasteiger partial charge is 0.363 e. The molecule has 1 unspecified atom stereocenters. The summed E-state index contributed by atoms with van der Waals surface area (Å²) in [6.07, 6.45) is -0.277. The molecular formula is C38H35FN2O4S. The van der Waals surface area contributed by atoms with Gasteiger partial charge in [0.25, 0.3) is 5.91 Å². The molecule has 3 atom stereocenters. The zero-order chi connectivity index (χ0) is 31.9. The third kappa shape index (κ3) is 7.26. The van der Waals surface area contributed by atoms with Crippen molar-refractivity contribution in [2.45, 2.75) is 42.4 Å². The second-order valence-corrected chi connectivity index (χ2v) is 13.2. The number of benzene rings is 5. The molecule has 1 amide bonds. The Morgan fingerprint density at radius 1 is 0.783 bits per heavy atom. The van der Waals surface area contributed by atoms with Gasteiger partial charge in [0.15, 0.2) is 0 Å². The Morgan fingerprint density at radius 2 is 1.35 bits per heavy atom. The molecule has 5 aromatic rings. The van der Waals surface area contributed by atoms with Crippen LogP contribution in [0.15, 0.2) is 144 Å². The zero-order valence-corrected chi connectivity index (χ0v) is 26.0. The lowest BCUT2D eigenvalue weighted by Gasteiger charge is -2.28. The van der Waals surface area contributed by atoms with Gasteiger partial charge in [0.05, 0.1) is 11.5 Å². The molecule has 234 valence electrons. The third-order valence-electron chi connectivity index (χ3n) is 8.27. The number of carbonyl (C=O) groups excluding carboxylic acids is 1. The summed E-state index contributed by atoms with van der Waals surface area (Å²) in [6, 6.07) is 41.8. The van der Waals surface area contributed by atoms with Gasteiger partial charge in [-0.15, -0.1) is 0 Å². The highest BCUT2D eigenvalue weighted by atomic mass is 32.2. The van der Waals surface area contributed by atoms with E-state index in [2.05, 4.69) is 5.32 Å². The first kappa shape index (κ1) is 31.4. The SMILES string of the molecule is O=C(Nc1cccc(F)c1CC[C@H]1C[N@]1S(=O)(=O)c1ccccc1)C(OCc1ccccc1)C(c1ccccc1)c1ccccc1. The number of carbonyl (C=O) groups is 1. The summed E-state index contributed by atoms with van der Waals surface area (Å²) in [5.74, 6) is -1.30. The molecule has 0 radical (unpaired) electrons. The number of amides is 1. The Balaban J connectivity index is 1.24. The number of anilines is 1. The van der Waals surface area contributed by atoms with Gasteiger partial charge in [-0.2, -0.15) is 4.31 Å². The predicted molar refractivity (Wildman–Crippen MR) is 177 cm³/mol. The summed E-state index contributed by atoms with van der Waals surface area (Å²) in [4.78, 5) is 14.5. The van der Waals surface area contributed by atoms with Crippen molar-refractivity contribution in [3.63, 3.8) is 0 Å². The standard InChI is InChI=1S/C38H35FN2O4S/c39-34-22-13-23-35(33(34)25-24-31-26-41(31)46(43,44)32-20-11-4-12-21-32)40-38(42)37(45-27-28-14-5-1-6-15-28)36(29-16-7-2-8-17-29)30-18-9-3-10-19-30/h1-23,31,36-37H,24-27H2,(H,40,42)/t31-,37?,41-/m0/s1. The van der Waals surface area contributed by atoms with Crippen LogP contribution in [0.3, 0.4) is 0 Å². The maximum atomic E-state index is 15.3. The first-order chi connectivity index (χ1) is 22.4. The van der Waals surface area contributed by atoms with Gasteiger partial charge in [0.2, 0.25) is 10.0 Å². The van der Waals surface area contributed by atoms with Crippen LogP contribution in [-0.4, -0.2) is 37.3 Å². The second-order valence-electron chi connectivity index (χ2n) is 11.4. The normalized spacial score (nSPS) is 16.6. The van der Waals surface area contributed by atoms with Crippen molar-refractivity contribution in [3.05, 3.63) is 168 Å². The number of halogens is 1. The maximum Gasteiger partial charge on any atom is 0.254 e. The molecule has 1 N–H and O–H groups in total. The molecule has 5 aromatic carbocycles. The van der Waals surface area contributed by atoms with Crippen molar-refractivity contribution in [1.29, 1.82) is 0 Å². The summed E-state index contributed by atoms with van der Waals surface area (Å²) >= 11 is 0. The lowest BCUT2D eigenvalue weighted by Crippen LogP contribution is -2.36. The van der Waals surface area contributed by atoms with Crippen molar-refractivity contribution in [3.8, 4) is 0 Å². The molecule has 1 aliphatic rings. The van der Waals surface area contributed by atoms with Crippen LogP contribution in [0, 0.1) is 5.82 Å². The number of nitrogens with one attached hydrogen (secondary N) is 1. The third-order valence-corrected chi connectivity index (χ3v) is 10.2. The minimum atomic E-state index is -3.61. The topological polar surface area (TPSA) is 75.5 Å². The molecule has 46 heavy (non-hydrogen) atoms. The monoisotopic (exact) mass is 634 g/mol.